The number of nitrogens with zero attached hydrogens (tertiary/aromatic N) is 2. The fourth-order valence-electron chi connectivity index (χ4n) is 3.02. The third-order valence-electron chi connectivity index (χ3n) is 4.20. The highest BCUT2D eigenvalue weighted by molar-refractivity contribution is 5.92. The average molecular weight is 368 g/mol. The summed E-state index contributed by atoms with van der Waals surface area (Å²) < 4.78 is 45.9. The number of benzene rings is 1. The fraction of sp³-hybridized carbons (Fsp3) is 0.412. The molecule has 0 fully saturated rings. The molecule has 0 saturated carbocycles. The number of halogens is 3. The number of carbonyl (C=O) groups excluding carboxylic acids is 1. The molecule has 1 aromatic heterocycles. The molecule has 0 radical (unpaired) electrons. The lowest BCUT2D eigenvalue weighted by molar-refractivity contribution is -0.142. The zero-order valence-electron chi connectivity index (χ0n) is 14.4. The zero-order chi connectivity index (χ0) is 18.9. The van der Waals surface area contributed by atoms with Crippen LogP contribution in [0, 0.1) is 6.92 Å². The van der Waals surface area contributed by atoms with Gasteiger partial charge in [0.05, 0.1) is 18.5 Å². The average Bonchev–Trinajstić information content (AvgIpc) is 2.94. The summed E-state index contributed by atoms with van der Waals surface area (Å²) >= 11 is 0. The molecule has 6 nitrogen and oxygen atoms in total. The molecule has 0 bridgehead atoms. The Morgan fingerprint density at radius 1 is 1.42 bits per heavy atom. The first-order valence-electron chi connectivity index (χ1n) is 8.10. The number of carbonyl (C=O) groups is 1. The Labute approximate surface area is 148 Å². The summed E-state index contributed by atoms with van der Waals surface area (Å²) in [4.78, 5) is 12.4. The van der Waals surface area contributed by atoms with Crippen LogP contribution >= 0.6 is 0 Å². The largest absolute Gasteiger partial charge is 0.495 e. The van der Waals surface area contributed by atoms with Crippen molar-refractivity contribution in [1.82, 2.24) is 15.1 Å². The predicted octanol–water partition coefficient (Wildman–Crippen LogP) is 2.50. The molecular weight excluding hydrogens is 349 g/mol. The zero-order valence-corrected chi connectivity index (χ0v) is 14.4. The van der Waals surface area contributed by atoms with Gasteiger partial charge in [0.1, 0.15) is 12.3 Å². The maximum Gasteiger partial charge on any atom is 0.435 e. The van der Waals surface area contributed by atoms with Crippen LogP contribution in [0.4, 0.5) is 18.9 Å². The molecule has 3 rings (SSSR count). The van der Waals surface area contributed by atoms with Crippen molar-refractivity contribution in [1.29, 1.82) is 0 Å². The van der Waals surface area contributed by atoms with Gasteiger partial charge in [-0.3, -0.25) is 9.48 Å². The van der Waals surface area contributed by atoms with E-state index < -0.39 is 17.8 Å². The molecule has 140 valence electrons. The van der Waals surface area contributed by atoms with Crippen LogP contribution in [0.5, 0.6) is 5.75 Å². The normalized spacial score (nSPS) is 14.0. The molecule has 0 aliphatic carbocycles. The molecule has 9 heteroatoms. The van der Waals surface area contributed by atoms with Crippen molar-refractivity contribution in [2.24, 2.45) is 0 Å². The second-order valence-electron chi connectivity index (χ2n) is 6.11. The number of amides is 1. The third-order valence-corrected chi connectivity index (χ3v) is 4.20. The fourth-order valence-corrected chi connectivity index (χ4v) is 3.02. The third kappa shape index (κ3) is 3.67. The summed E-state index contributed by atoms with van der Waals surface area (Å²) in [6, 6.07) is 5.28. The van der Waals surface area contributed by atoms with Gasteiger partial charge >= 0.3 is 6.18 Å². The Kier molecular flexibility index (Phi) is 4.90. The molecule has 1 aliphatic rings. The molecule has 2 heterocycles. The van der Waals surface area contributed by atoms with Crippen molar-refractivity contribution in [3.8, 4) is 5.75 Å². The van der Waals surface area contributed by atoms with E-state index in [9.17, 15) is 18.0 Å². The van der Waals surface area contributed by atoms with E-state index in [1.165, 1.54) is 7.11 Å². The van der Waals surface area contributed by atoms with Gasteiger partial charge in [0.2, 0.25) is 5.91 Å². The topological polar surface area (TPSA) is 68.2 Å². The summed E-state index contributed by atoms with van der Waals surface area (Å²) in [6.45, 7) is 2.26. The van der Waals surface area contributed by atoms with Gasteiger partial charge < -0.3 is 15.4 Å². The van der Waals surface area contributed by atoms with Crippen LogP contribution in [0.2, 0.25) is 0 Å². The number of nitrogens with one attached hydrogen (secondary N) is 2. The van der Waals surface area contributed by atoms with Gasteiger partial charge in [-0.1, -0.05) is 6.07 Å². The van der Waals surface area contributed by atoms with E-state index in [0.29, 0.717) is 23.7 Å². The molecule has 2 N–H and O–H groups in total. The Bertz CT molecular complexity index is 830. The maximum atomic E-state index is 13.2. The molecule has 2 aromatic rings. The molecule has 0 spiro atoms. The first-order chi connectivity index (χ1) is 12.3. The first-order valence-corrected chi connectivity index (χ1v) is 8.10. The van der Waals surface area contributed by atoms with Crippen molar-refractivity contribution >= 4 is 11.6 Å². The number of aryl methyl sites for hydroxylation is 1. The predicted molar refractivity (Wildman–Crippen MR) is 89.0 cm³/mol. The second kappa shape index (κ2) is 6.99. The number of methoxy groups -OCH3 is 1. The van der Waals surface area contributed by atoms with E-state index in [-0.39, 0.29) is 25.1 Å². The number of fused-ring (bicyclic) bond motifs is 1. The molecule has 0 saturated heterocycles. The van der Waals surface area contributed by atoms with Crippen LogP contribution in [-0.2, 0) is 30.5 Å². The number of hydrogen-bond donors (Lipinski definition) is 2. The first kappa shape index (κ1) is 18.2. The Morgan fingerprint density at radius 3 is 2.88 bits per heavy atom. The van der Waals surface area contributed by atoms with Crippen molar-refractivity contribution in [2.75, 3.05) is 19.0 Å². The van der Waals surface area contributed by atoms with Crippen LogP contribution in [0.3, 0.4) is 0 Å². The smallest absolute Gasteiger partial charge is 0.435 e. The van der Waals surface area contributed by atoms with E-state index >= 15 is 0 Å². The van der Waals surface area contributed by atoms with Gasteiger partial charge in [-0.15, -0.1) is 0 Å². The van der Waals surface area contributed by atoms with Crippen molar-refractivity contribution in [3.05, 3.63) is 40.7 Å². The van der Waals surface area contributed by atoms with E-state index in [1.54, 1.807) is 12.1 Å². The maximum absolute atomic E-state index is 13.2. The highest BCUT2D eigenvalue weighted by atomic mass is 19.4. The molecule has 1 amide bonds. The summed E-state index contributed by atoms with van der Waals surface area (Å²) in [5.41, 5.74) is 1.04. The van der Waals surface area contributed by atoms with E-state index in [2.05, 4.69) is 15.7 Å². The summed E-state index contributed by atoms with van der Waals surface area (Å²) in [6.07, 6.45) is -4.31. The molecule has 1 aliphatic heterocycles. The number of hydrogen-bond acceptors (Lipinski definition) is 4. The summed E-state index contributed by atoms with van der Waals surface area (Å²) in [5, 5.41) is 9.36. The van der Waals surface area contributed by atoms with E-state index in [0.717, 1.165) is 10.2 Å². The van der Waals surface area contributed by atoms with Crippen molar-refractivity contribution in [2.45, 2.75) is 32.6 Å². The molecule has 26 heavy (non-hydrogen) atoms. The van der Waals surface area contributed by atoms with Crippen molar-refractivity contribution < 1.29 is 22.7 Å². The Morgan fingerprint density at radius 2 is 2.19 bits per heavy atom. The number of ether oxygens (including phenoxy) is 1. The summed E-state index contributed by atoms with van der Waals surface area (Å²) in [7, 11) is 1.48. The quantitative estimate of drug-likeness (QED) is 0.870. The number of aromatic nitrogens is 2. The Hall–Kier alpha value is -2.55. The van der Waals surface area contributed by atoms with Gasteiger partial charge in [-0.2, -0.15) is 18.3 Å². The SMILES string of the molecule is COc1ccc(C)cc1NC(=O)Cn1nc(C(F)(F)F)c2c1CNCC2. The number of rotatable bonds is 4. The lowest BCUT2D eigenvalue weighted by Gasteiger charge is -2.16. The molecule has 0 unspecified atom stereocenters. The second-order valence-corrected chi connectivity index (χ2v) is 6.11. The van der Waals surface area contributed by atoms with Crippen LogP contribution in [0.15, 0.2) is 18.2 Å². The van der Waals surface area contributed by atoms with Crippen LogP contribution in [0.1, 0.15) is 22.5 Å². The monoisotopic (exact) mass is 368 g/mol. The van der Waals surface area contributed by atoms with Gasteiger partial charge in [0, 0.05) is 12.1 Å². The van der Waals surface area contributed by atoms with E-state index in [1.807, 2.05) is 13.0 Å². The number of anilines is 1. The van der Waals surface area contributed by atoms with Crippen LogP contribution in [0.25, 0.3) is 0 Å². The van der Waals surface area contributed by atoms with Crippen LogP contribution < -0.4 is 15.4 Å². The van der Waals surface area contributed by atoms with E-state index in [4.69, 9.17) is 4.74 Å². The summed E-state index contributed by atoms with van der Waals surface area (Å²) in [5.74, 6) is 0.00240. The molecule has 1 aromatic carbocycles. The highest BCUT2D eigenvalue weighted by Crippen LogP contribution is 2.34. The minimum Gasteiger partial charge on any atom is -0.495 e. The lowest BCUT2D eigenvalue weighted by Crippen LogP contribution is -2.28. The van der Waals surface area contributed by atoms with Crippen molar-refractivity contribution in [3.63, 3.8) is 0 Å². The highest BCUT2D eigenvalue weighted by Gasteiger charge is 2.39. The van der Waals surface area contributed by atoms with Gasteiger partial charge in [-0.25, -0.2) is 0 Å². The number of alkyl halides is 3. The van der Waals surface area contributed by atoms with Crippen LogP contribution in [-0.4, -0.2) is 29.3 Å². The van der Waals surface area contributed by atoms with Gasteiger partial charge in [-0.05, 0) is 37.6 Å². The Balaban J connectivity index is 1.84. The molecule has 0 atom stereocenters. The minimum atomic E-state index is -4.54. The van der Waals surface area contributed by atoms with Gasteiger partial charge in [0.15, 0.2) is 5.69 Å². The molecular formula is C17H19F3N4O2. The minimum absolute atomic E-state index is 0.164. The standard InChI is InChI=1S/C17H19F3N4O2/c1-10-3-4-14(26-2)12(7-10)22-15(25)9-24-13-8-21-6-5-11(13)16(23-24)17(18,19)20/h3-4,7,21H,5-6,8-9H2,1-2H3,(H,22,25). The van der Waals surface area contributed by atoms with Gasteiger partial charge in [0.25, 0.3) is 0 Å². The lowest BCUT2D eigenvalue weighted by atomic mass is 10.1.